The highest BCUT2D eigenvalue weighted by molar-refractivity contribution is 5.37. The zero-order valence-corrected chi connectivity index (χ0v) is 10.2. The molecule has 0 bridgehead atoms. The molecule has 0 amide bonds. The summed E-state index contributed by atoms with van der Waals surface area (Å²) in [6.07, 6.45) is 2.52. The van der Waals surface area contributed by atoms with Crippen molar-refractivity contribution in [1.29, 1.82) is 0 Å². The Balaban J connectivity index is 1.93. The normalized spacial score (nSPS) is 26.5. The first-order valence-electron chi connectivity index (χ1n) is 6.31. The molecular formula is C14H19NO2. The molecule has 3 nitrogen and oxygen atoms in total. The number of rotatable bonds is 3. The first-order valence-corrected chi connectivity index (χ1v) is 6.31. The monoisotopic (exact) mass is 233 g/mol. The number of hydrogen-bond acceptors (Lipinski definition) is 3. The van der Waals surface area contributed by atoms with Crippen molar-refractivity contribution in [3.8, 4) is 5.75 Å². The van der Waals surface area contributed by atoms with Crippen molar-refractivity contribution in [1.82, 2.24) is 5.32 Å². The van der Waals surface area contributed by atoms with Gasteiger partial charge in [-0.3, -0.25) is 0 Å². The zero-order chi connectivity index (χ0) is 11.7. The number of benzene rings is 1. The fraction of sp³-hybridized carbons (Fsp3) is 0.571. The molecule has 2 fully saturated rings. The molecule has 3 heteroatoms. The maximum absolute atomic E-state index is 5.50. The second kappa shape index (κ2) is 4.31. The van der Waals surface area contributed by atoms with Crippen LogP contribution in [0.25, 0.3) is 0 Å². The van der Waals surface area contributed by atoms with Crippen LogP contribution >= 0.6 is 0 Å². The fourth-order valence-corrected chi connectivity index (χ4v) is 2.98. The van der Waals surface area contributed by atoms with Crippen molar-refractivity contribution >= 4 is 0 Å². The lowest BCUT2D eigenvalue weighted by molar-refractivity contribution is -0.0761. The Bertz CT molecular complexity index is 395. The van der Waals surface area contributed by atoms with Gasteiger partial charge in [0.15, 0.2) is 0 Å². The van der Waals surface area contributed by atoms with Crippen LogP contribution in [0.4, 0.5) is 0 Å². The van der Waals surface area contributed by atoms with Crippen LogP contribution in [0.1, 0.15) is 18.4 Å². The Morgan fingerprint density at radius 3 is 2.88 bits per heavy atom. The summed E-state index contributed by atoms with van der Waals surface area (Å²) < 4.78 is 10.8. The first kappa shape index (κ1) is 11.1. The van der Waals surface area contributed by atoms with Crippen LogP contribution in [0.5, 0.6) is 5.75 Å². The predicted octanol–water partition coefficient (Wildman–Crippen LogP) is 1.72. The van der Waals surface area contributed by atoms with Gasteiger partial charge in [-0.05, 0) is 37.1 Å². The standard InChI is InChI=1S/C14H19NO2/c1-16-12-5-2-4-11(8-12)14(9-17-10-14)13-6-3-7-15-13/h2,4-5,8,13,15H,3,6-7,9-10H2,1H3. The molecule has 0 spiro atoms. The van der Waals surface area contributed by atoms with E-state index in [1.54, 1.807) is 7.11 Å². The molecule has 1 atom stereocenters. The lowest BCUT2D eigenvalue weighted by Gasteiger charge is -2.46. The van der Waals surface area contributed by atoms with Crippen LogP contribution < -0.4 is 10.1 Å². The maximum atomic E-state index is 5.50. The molecule has 0 radical (unpaired) electrons. The van der Waals surface area contributed by atoms with Gasteiger partial charge in [0.2, 0.25) is 0 Å². The molecule has 1 aromatic carbocycles. The third kappa shape index (κ3) is 1.74. The predicted molar refractivity (Wildman–Crippen MR) is 66.5 cm³/mol. The van der Waals surface area contributed by atoms with Crippen LogP contribution in [-0.2, 0) is 10.2 Å². The molecule has 1 unspecified atom stereocenters. The minimum atomic E-state index is 0.172. The largest absolute Gasteiger partial charge is 0.497 e. The molecule has 2 aliphatic heterocycles. The Morgan fingerprint density at radius 1 is 1.41 bits per heavy atom. The summed E-state index contributed by atoms with van der Waals surface area (Å²) in [5.74, 6) is 0.937. The molecule has 0 saturated carbocycles. The minimum absolute atomic E-state index is 0.172. The van der Waals surface area contributed by atoms with Crippen molar-refractivity contribution < 1.29 is 9.47 Å². The van der Waals surface area contributed by atoms with E-state index < -0.39 is 0 Å². The maximum Gasteiger partial charge on any atom is 0.119 e. The molecule has 2 saturated heterocycles. The second-order valence-electron chi connectivity index (χ2n) is 5.03. The highest BCUT2D eigenvalue weighted by Gasteiger charge is 2.47. The van der Waals surface area contributed by atoms with Crippen LogP contribution in [0.15, 0.2) is 24.3 Å². The lowest BCUT2D eigenvalue weighted by Crippen LogP contribution is -2.58. The van der Waals surface area contributed by atoms with Gasteiger partial charge >= 0.3 is 0 Å². The van der Waals surface area contributed by atoms with E-state index >= 15 is 0 Å². The molecule has 2 aliphatic rings. The Kier molecular flexibility index (Phi) is 2.81. The average molecular weight is 233 g/mol. The van der Waals surface area contributed by atoms with Crippen LogP contribution in [-0.4, -0.2) is 32.9 Å². The quantitative estimate of drug-likeness (QED) is 0.862. The van der Waals surface area contributed by atoms with Gasteiger partial charge in [-0.25, -0.2) is 0 Å². The van der Waals surface area contributed by atoms with E-state index in [9.17, 15) is 0 Å². The highest BCUT2D eigenvalue weighted by Crippen LogP contribution is 2.39. The zero-order valence-electron chi connectivity index (χ0n) is 10.2. The summed E-state index contributed by atoms with van der Waals surface area (Å²) >= 11 is 0. The number of ether oxygens (including phenoxy) is 2. The number of hydrogen-bond donors (Lipinski definition) is 1. The summed E-state index contributed by atoms with van der Waals surface area (Å²) in [4.78, 5) is 0. The summed E-state index contributed by atoms with van der Waals surface area (Å²) in [7, 11) is 1.72. The first-order chi connectivity index (χ1) is 8.35. The summed E-state index contributed by atoms with van der Waals surface area (Å²) in [5.41, 5.74) is 1.52. The molecule has 3 rings (SSSR count). The fourth-order valence-electron chi connectivity index (χ4n) is 2.98. The van der Waals surface area contributed by atoms with Crippen LogP contribution in [0, 0.1) is 0 Å². The number of methoxy groups -OCH3 is 1. The van der Waals surface area contributed by atoms with Crippen molar-refractivity contribution in [2.45, 2.75) is 24.3 Å². The van der Waals surface area contributed by atoms with E-state index in [0.717, 1.165) is 25.5 Å². The SMILES string of the molecule is COc1cccc(C2(C3CCCN3)COC2)c1. The topological polar surface area (TPSA) is 30.5 Å². The van der Waals surface area contributed by atoms with Gasteiger partial charge in [-0.1, -0.05) is 12.1 Å². The van der Waals surface area contributed by atoms with Gasteiger partial charge in [0.25, 0.3) is 0 Å². The van der Waals surface area contributed by atoms with E-state index in [1.165, 1.54) is 18.4 Å². The van der Waals surface area contributed by atoms with Gasteiger partial charge in [-0.15, -0.1) is 0 Å². The minimum Gasteiger partial charge on any atom is -0.497 e. The van der Waals surface area contributed by atoms with Crippen molar-refractivity contribution in [3.05, 3.63) is 29.8 Å². The van der Waals surface area contributed by atoms with Gasteiger partial charge in [0.05, 0.1) is 25.7 Å². The van der Waals surface area contributed by atoms with Gasteiger partial charge in [-0.2, -0.15) is 0 Å². The molecular weight excluding hydrogens is 214 g/mol. The smallest absolute Gasteiger partial charge is 0.119 e. The average Bonchev–Trinajstić information content (AvgIpc) is 2.82. The van der Waals surface area contributed by atoms with Crippen molar-refractivity contribution in [2.75, 3.05) is 26.9 Å². The second-order valence-corrected chi connectivity index (χ2v) is 5.03. The Labute approximate surface area is 102 Å². The molecule has 1 N–H and O–H groups in total. The van der Waals surface area contributed by atoms with E-state index in [0.29, 0.717) is 6.04 Å². The van der Waals surface area contributed by atoms with Gasteiger partial charge in [0, 0.05) is 6.04 Å². The van der Waals surface area contributed by atoms with E-state index in [-0.39, 0.29) is 5.41 Å². The lowest BCUT2D eigenvalue weighted by atomic mass is 9.72. The van der Waals surface area contributed by atoms with Crippen LogP contribution in [0.2, 0.25) is 0 Å². The van der Waals surface area contributed by atoms with E-state index in [1.807, 2.05) is 6.07 Å². The van der Waals surface area contributed by atoms with Crippen molar-refractivity contribution in [3.63, 3.8) is 0 Å². The van der Waals surface area contributed by atoms with Gasteiger partial charge < -0.3 is 14.8 Å². The molecule has 0 aromatic heterocycles. The molecule has 2 heterocycles. The molecule has 0 aliphatic carbocycles. The van der Waals surface area contributed by atoms with Gasteiger partial charge in [0.1, 0.15) is 5.75 Å². The summed E-state index contributed by atoms with van der Waals surface area (Å²) in [6, 6.07) is 8.98. The summed E-state index contributed by atoms with van der Waals surface area (Å²) in [5, 5.41) is 3.61. The summed E-state index contributed by atoms with van der Waals surface area (Å²) in [6.45, 7) is 2.80. The third-order valence-electron chi connectivity index (χ3n) is 4.09. The van der Waals surface area contributed by atoms with Crippen molar-refractivity contribution in [2.24, 2.45) is 0 Å². The van der Waals surface area contributed by atoms with E-state index in [2.05, 4.69) is 23.5 Å². The molecule has 92 valence electrons. The van der Waals surface area contributed by atoms with E-state index in [4.69, 9.17) is 9.47 Å². The molecule has 1 aromatic rings. The number of nitrogens with one attached hydrogen (secondary N) is 1. The molecule has 17 heavy (non-hydrogen) atoms. The van der Waals surface area contributed by atoms with Crippen LogP contribution in [0.3, 0.4) is 0 Å². The highest BCUT2D eigenvalue weighted by atomic mass is 16.5. The third-order valence-corrected chi connectivity index (χ3v) is 4.09. The Morgan fingerprint density at radius 2 is 2.29 bits per heavy atom. The Hall–Kier alpha value is -1.06.